The van der Waals surface area contributed by atoms with Crippen molar-refractivity contribution in [1.82, 2.24) is 0 Å². The molecular weight excluding hydrogens is 302 g/mol. The van der Waals surface area contributed by atoms with Gasteiger partial charge in [0.2, 0.25) is 0 Å². The summed E-state index contributed by atoms with van der Waals surface area (Å²) in [6.07, 6.45) is 15.6. The molecule has 0 bridgehead atoms. The Morgan fingerprint density at radius 2 is 1.78 bits per heavy atom. The average molecular weight is 338 g/mol. The number of aliphatic hydroxyl groups is 1. The minimum Gasteiger partial charge on any atom is -0.379 e. The Balaban J connectivity index is 1.55. The minimum absolute atomic E-state index is 0.181. The van der Waals surface area contributed by atoms with E-state index < -0.39 is 6.23 Å². The Morgan fingerprint density at radius 3 is 2.48 bits per heavy atom. The van der Waals surface area contributed by atoms with Crippen molar-refractivity contribution in [1.29, 1.82) is 0 Å². The highest BCUT2D eigenvalue weighted by Gasteiger charge is 2.12. The monoisotopic (exact) mass is 337 g/mol. The molecule has 1 aromatic heterocycles. The molecule has 1 heterocycles. The van der Waals surface area contributed by atoms with Crippen LogP contribution >= 0.6 is 11.3 Å². The van der Waals surface area contributed by atoms with Crippen LogP contribution in [0.1, 0.15) is 80.9 Å². The van der Waals surface area contributed by atoms with Gasteiger partial charge in [-0.1, -0.05) is 58.3 Å². The summed E-state index contributed by atoms with van der Waals surface area (Å²) in [6, 6.07) is 4.56. The Morgan fingerprint density at radius 1 is 1.09 bits per heavy atom. The Labute approximate surface area is 146 Å². The first-order valence-corrected chi connectivity index (χ1v) is 10.5. The number of thiophene rings is 1. The first-order valence-electron chi connectivity index (χ1n) is 9.66. The summed E-state index contributed by atoms with van der Waals surface area (Å²) in [6.45, 7) is 2.02. The maximum Gasteiger partial charge on any atom is 0.105 e. The fourth-order valence-corrected chi connectivity index (χ4v) is 4.69. The maximum absolute atomic E-state index is 9.35. The van der Waals surface area contributed by atoms with Gasteiger partial charge in [0.25, 0.3) is 0 Å². The summed E-state index contributed by atoms with van der Waals surface area (Å²) >= 11 is 1.95. The predicted octanol–water partition coefficient (Wildman–Crippen LogP) is 5.28. The topological polar surface area (TPSA) is 46.2 Å². The summed E-state index contributed by atoms with van der Waals surface area (Å²) in [5.74, 6) is 1.22. The van der Waals surface area contributed by atoms with Gasteiger partial charge in [-0.15, -0.1) is 11.3 Å². The van der Waals surface area contributed by atoms with Crippen molar-refractivity contribution in [3.05, 3.63) is 21.9 Å². The molecule has 0 aliphatic heterocycles. The van der Waals surface area contributed by atoms with Gasteiger partial charge in [-0.2, -0.15) is 0 Å². The lowest BCUT2D eigenvalue weighted by Crippen LogP contribution is -2.27. The molecule has 0 aromatic carbocycles. The van der Waals surface area contributed by atoms with Gasteiger partial charge < -0.3 is 10.8 Å². The molecule has 1 fully saturated rings. The van der Waals surface area contributed by atoms with Crippen molar-refractivity contribution in [3.8, 4) is 0 Å². The normalized spacial score (nSPS) is 18.9. The van der Waals surface area contributed by atoms with Gasteiger partial charge >= 0.3 is 0 Å². The van der Waals surface area contributed by atoms with Crippen LogP contribution in [0.2, 0.25) is 0 Å². The summed E-state index contributed by atoms with van der Waals surface area (Å²) in [7, 11) is 0. The second-order valence-electron chi connectivity index (χ2n) is 7.48. The minimum atomic E-state index is -0.682. The molecular formula is C20H35NOS. The molecule has 3 heteroatoms. The first kappa shape index (κ1) is 19.0. The summed E-state index contributed by atoms with van der Waals surface area (Å²) in [4.78, 5) is 2.97. The number of hydrogen-bond acceptors (Lipinski definition) is 3. The van der Waals surface area contributed by atoms with Gasteiger partial charge in [-0.3, -0.25) is 0 Å². The molecule has 1 aromatic rings. The number of nitrogens with two attached hydrogens (primary N) is 1. The van der Waals surface area contributed by atoms with Crippen molar-refractivity contribution >= 4 is 11.3 Å². The zero-order chi connectivity index (χ0) is 16.5. The fraction of sp³-hybridized carbons (Fsp3) is 0.800. The van der Waals surface area contributed by atoms with Crippen LogP contribution in [-0.4, -0.2) is 11.3 Å². The largest absolute Gasteiger partial charge is 0.379 e. The summed E-state index contributed by atoms with van der Waals surface area (Å²) < 4.78 is 0. The van der Waals surface area contributed by atoms with Crippen LogP contribution in [0.3, 0.4) is 0 Å². The number of unbranched alkanes of at least 4 members (excludes halogenated alkanes) is 2. The smallest absolute Gasteiger partial charge is 0.105 e. The molecule has 132 valence electrons. The zero-order valence-electron chi connectivity index (χ0n) is 14.8. The zero-order valence-corrected chi connectivity index (χ0v) is 15.6. The van der Waals surface area contributed by atoms with Crippen LogP contribution in [-0.2, 0) is 12.8 Å². The Hall–Kier alpha value is -0.380. The highest BCUT2D eigenvalue weighted by Crippen LogP contribution is 2.28. The van der Waals surface area contributed by atoms with Crippen molar-refractivity contribution in [2.24, 2.45) is 17.6 Å². The molecule has 0 spiro atoms. The van der Waals surface area contributed by atoms with Crippen LogP contribution < -0.4 is 5.73 Å². The second kappa shape index (κ2) is 10.5. The quantitative estimate of drug-likeness (QED) is 0.451. The van der Waals surface area contributed by atoms with Crippen molar-refractivity contribution in [3.63, 3.8) is 0 Å². The van der Waals surface area contributed by atoms with E-state index in [9.17, 15) is 5.11 Å². The molecule has 0 radical (unpaired) electrons. The third-order valence-electron chi connectivity index (χ3n) is 5.41. The van der Waals surface area contributed by atoms with Crippen molar-refractivity contribution in [2.75, 3.05) is 0 Å². The van der Waals surface area contributed by atoms with E-state index >= 15 is 0 Å². The molecule has 1 aliphatic rings. The van der Waals surface area contributed by atoms with E-state index in [0.29, 0.717) is 0 Å². The van der Waals surface area contributed by atoms with Gasteiger partial charge in [0.1, 0.15) is 6.23 Å². The maximum atomic E-state index is 9.35. The van der Waals surface area contributed by atoms with Gasteiger partial charge in [0.15, 0.2) is 0 Å². The lowest BCUT2D eigenvalue weighted by molar-refractivity contribution is 0.119. The first-order chi connectivity index (χ1) is 11.1. The van der Waals surface area contributed by atoms with Gasteiger partial charge in [0.05, 0.1) is 0 Å². The van der Waals surface area contributed by atoms with Crippen molar-refractivity contribution < 1.29 is 5.11 Å². The second-order valence-corrected chi connectivity index (χ2v) is 8.73. The summed E-state index contributed by atoms with van der Waals surface area (Å²) in [5, 5.41) is 9.35. The molecule has 1 saturated carbocycles. The number of aliphatic hydroxyl groups excluding tert-OH is 1. The van der Waals surface area contributed by atoms with Crippen LogP contribution in [0.15, 0.2) is 12.1 Å². The van der Waals surface area contributed by atoms with E-state index in [1.165, 1.54) is 74.0 Å². The van der Waals surface area contributed by atoms with E-state index in [2.05, 4.69) is 12.1 Å². The molecule has 0 saturated heterocycles. The van der Waals surface area contributed by atoms with Gasteiger partial charge in [-0.05, 0) is 49.7 Å². The van der Waals surface area contributed by atoms with Crippen molar-refractivity contribution in [2.45, 2.75) is 90.2 Å². The molecule has 2 unspecified atom stereocenters. The Bertz CT molecular complexity index is 423. The van der Waals surface area contributed by atoms with Crippen LogP contribution in [0, 0.1) is 11.8 Å². The number of aryl methyl sites for hydroxylation is 2. The third kappa shape index (κ3) is 7.36. The number of hydrogen-bond donors (Lipinski definition) is 2. The molecule has 23 heavy (non-hydrogen) atoms. The lowest BCUT2D eigenvalue weighted by Gasteiger charge is -2.21. The molecule has 0 amide bonds. The van der Waals surface area contributed by atoms with E-state index in [-0.39, 0.29) is 5.92 Å². The standard InChI is InChI=1S/C20H35NOS/c1-16(20(21)22)12-13-19-15-14-18(23-19)11-7-3-6-10-17-8-4-2-5-9-17/h14-17,20,22H,2-13,21H2,1H3. The number of rotatable bonds is 10. The summed E-state index contributed by atoms with van der Waals surface area (Å²) in [5.41, 5.74) is 5.51. The molecule has 2 rings (SSSR count). The SMILES string of the molecule is CC(CCc1ccc(CCCCCC2CCCCC2)s1)C(N)O. The van der Waals surface area contributed by atoms with E-state index in [4.69, 9.17) is 5.73 Å². The van der Waals surface area contributed by atoms with Gasteiger partial charge in [0, 0.05) is 9.75 Å². The highest BCUT2D eigenvalue weighted by molar-refractivity contribution is 7.11. The molecule has 2 atom stereocenters. The molecule has 2 nitrogen and oxygen atoms in total. The van der Waals surface area contributed by atoms with Crippen LogP contribution in [0.5, 0.6) is 0 Å². The van der Waals surface area contributed by atoms with Crippen LogP contribution in [0.4, 0.5) is 0 Å². The third-order valence-corrected chi connectivity index (χ3v) is 6.61. The highest BCUT2D eigenvalue weighted by atomic mass is 32.1. The van der Waals surface area contributed by atoms with Crippen LogP contribution in [0.25, 0.3) is 0 Å². The average Bonchev–Trinajstić information content (AvgIpc) is 3.01. The predicted molar refractivity (Wildman–Crippen MR) is 101 cm³/mol. The van der Waals surface area contributed by atoms with Gasteiger partial charge in [-0.25, -0.2) is 0 Å². The lowest BCUT2D eigenvalue weighted by atomic mass is 9.85. The Kier molecular flexibility index (Phi) is 8.63. The van der Waals surface area contributed by atoms with E-state index in [1.807, 2.05) is 18.3 Å². The fourth-order valence-electron chi connectivity index (χ4n) is 3.62. The van der Waals surface area contributed by atoms with E-state index in [0.717, 1.165) is 18.8 Å². The van der Waals surface area contributed by atoms with E-state index in [1.54, 1.807) is 0 Å². The molecule has 3 N–H and O–H groups in total. The molecule has 1 aliphatic carbocycles.